The number of likely N-dealkylation sites (N-methyl/N-ethyl adjacent to an activating group) is 1. The molecule has 3 aliphatic rings. The quantitative estimate of drug-likeness (QED) is 0.887. The van der Waals surface area contributed by atoms with Gasteiger partial charge in [0.05, 0.1) is 5.52 Å². The number of rotatable bonds is 4. The van der Waals surface area contributed by atoms with Crippen molar-refractivity contribution in [2.45, 2.75) is 31.7 Å². The van der Waals surface area contributed by atoms with Crippen LogP contribution < -0.4 is 5.32 Å². The molecule has 1 saturated carbocycles. The summed E-state index contributed by atoms with van der Waals surface area (Å²) in [5.74, 6) is 1.64. The number of H-pyrrole nitrogens is 1. The van der Waals surface area contributed by atoms with Crippen molar-refractivity contribution in [3.8, 4) is 0 Å². The molecule has 2 unspecified atom stereocenters. The highest BCUT2D eigenvalue weighted by Crippen LogP contribution is 2.32. The molecule has 0 radical (unpaired) electrons. The summed E-state index contributed by atoms with van der Waals surface area (Å²) >= 11 is 0. The van der Waals surface area contributed by atoms with Gasteiger partial charge in [-0.15, -0.1) is 0 Å². The van der Waals surface area contributed by atoms with Crippen molar-refractivity contribution in [1.29, 1.82) is 0 Å². The Hall–Kier alpha value is -2.08. The third-order valence-corrected chi connectivity index (χ3v) is 6.39. The Bertz CT molecular complexity index is 827. The molecule has 1 aromatic carbocycles. The number of amides is 1. The van der Waals surface area contributed by atoms with Crippen molar-refractivity contribution in [2.75, 3.05) is 38.5 Å². The van der Waals surface area contributed by atoms with E-state index in [1.807, 2.05) is 11.0 Å². The third kappa shape index (κ3) is 2.86. The van der Waals surface area contributed by atoms with E-state index in [0.717, 1.165) is 54.5 Å². The number of carbonyl (C=O) groups excluding carboxylic acids is 1. The second-order valence-corrected chi connectivity index (χ2v) is 8.32. The van der Waals surface area contributed by atoms with Crippen LogP contribution >= 0.6 is 0 Å². The minimum atomic E-state index is 0.0662. The normalized spacial score (nSPS) is 26.3. The van der Waals surface area contributed by atoms with Gasteiger partial charge in [-0.05, 0) is 62.8 Å². The van der Waals surface area contributed by atoms with Crippen molar-refractivity contribution < 1.29 is 4.79 Å². The molecule has 1 amide bonds. The molecule has 1 aliphatic carbocycles. The van der Waals surface area contributed by atoms with Gasteiger partial charge in [-0.25, -0.2) is 0 Å². The second kappa shape index (κ2) is 6.27. The van der Waals surface area contributed by atoms with Gasteiger partial charge >= 0.3 is 0 Å². The largest absolute Gasteiger partial charge is 0.385 e. The SMILES string of the molecule is CN1CC2CCCN(C(=O)c3n[nH]c4ccc(NCC5CC5)cc34)CC21. The van der Waals surface area contributed by atoms with Crippen molar-refractivity contribution >= 4 is 22.5 Å². The molecule has 3 fully saturated rings. The zero-order valence-electron chi connectivity index (χ0n) is 15.4. The third-order valence-electron chi connectivity index (χ3n) is 6.39. The molecular formula is C20H27N5O. The molecule has 2 aliphatic heterocycles. The minimum absolute atomic E-state index is 0.0662. The van der Waals surface area contributed by atoms with E-state index in [9.17, 15) is 4.79 Å². The molecular weight excluding hydrogens is 326 g/mol. The molecule has 6 nitrogen and oxygen atoms in total. The molecule has 3 heterocycles. The maximum Gasteiger partial charge on any atom is 0.275 e. The molecule has 2 atom stereocenters. The maximum atomic E-state index is 13.2. The predicted molar refractivity (Wildman–Crippen MR) is 102 cm³/mol. The van der Waals surface area contributed by atoms with Gasteiger partial charge in [0.1, 0.15) is 0 Å². The molecule has 2 saturated heterocycles. The van der Waals surface area contributed by atoms with E-state index in [1.54, 1.807) is 0 Å². The van der Waals surface area contributed by atoms with E-state index in [-0.39, 0.29) is 5.91 Å². The summed E-state index contributed by atoms with van der Waals surface area (Å²) in [5.41, 5.74) is 2.57. The van der Waals surface area contributed by atoms with Crippen molar-refractivity contribution in [3.63, 3.8) is 0 Å². The lowest BCUT2D eigenvalue weighted by molar-refractivity contribution is 0.0252. The van der Waals surface area contributed by atoms with E-state index in [2.05, 4.69) is 39.6 Å². The van der Waals surface area contributed by atoms with Crippen LogP contribution in [-0.4, -0.2) is 65.2 Å². The first-order chi connectivity index (χ1) is 12.7. The van der Waals surface area contributed by atoms with E-state index in [1.165, 1.54) is 25.8 Å². The first-order valence-corrected chi connectivity index (χ1v) is 9.90. The summed E-state index contributed by atoms with van der Waals surface area (Å²) in [6.07, 6.45) is 4.99. The fourth-order valence-corrected chi connectivity index (χ4v) is 4.49. The minimum Gasteiger partial charge on any atom is -0.385 e. The molecule has 2 N–H and O–H groups in total. The molecule has 26 heavy (non-hydrogen) atoms. The Balaban J connectivity index is 1.38. The van der Waals surface area contributed by atoms with Crippen LogP contribution in [0.5, 0.6) is 0 Å². The lowest BCUT2D eigenvalue weighted by Gasteiger charge is -2.46. The summed E-state index contributed by atoms with van der Waals surface area (Å²) in [6.45, 7) is 3.86. The van der Waals surface area contributed by atoms with Crippen LogP contribution in [0.1, 0.15) is 36.2 Å². The van der Waals surface area contributed by atoms with Crippen LogP contribution in [-0.2, 0) is 0 Å². The molecule has 5 rings (SSSR count). The Kier molecular flexibility index (Phi) is 3.89. The number of fused-ring (bicyclic) bond motifs is 2. The van der Waals surface area contributed by atoms with Crippen LogP contribution in [0.4, 0.5) is 5.69 Å². The van der Waals surface area contributed by atoms with Crippen LogP contribution in [0, 0.1) is 11.8 Å². The molecule has 0 spiro atoms. The monoisotopic (exact) mass is 353 g/mol. The van der Waals surface area contributed by atoms with Crippen molar-refractivity contribution in [3.05, 3.63) is 23.9 Å². The smallest absolute Gasteiger partial charge is 0.275 e. The molecule has 1 aromatic heterocycles. The number of nitrogens with one attached hydrogen (secondary N) is 2. The number of hydrogen-bond acceptors (Lipinski definition) is 4. The van der Waals surface area contributed by atoms with Gasteiger partial charge in [0, 0.05) is 43.3 Å². The topological polar surface area (TPSA) is 64.3 Å². The van der Waals surface area contributed by atoms with Gasteiger partial charge in [-0.1, -0.05) is 0 Å². The number of nitrogens with zero attached hydrogens (tertiary/aromatic N) is 3. The Morgan fingerprint density at radius 1 is 1.31 bits per heavy atom. The first kappa shape index (κ1) is 16.1. The fraction of sp³-hybridized carbons (Fsp3) is 0.600. The second-order valence-electron chi connectivity index (χ2n) is 8.32. The number of benzene rings is 1. The lowest BCUT2D eigenvalue weighted by Crippen LogP contribution is -2.57. The molecule has 6 heteroatoms. The Morgan fingerprint density at radius 2 is 2.19 bits per heavy atom. The number of anilines is 1. The van der Waals surface area contributed by atoms with Crippen molar-refractivity contribution in [1.82, 2.24) is 20.0 Å². The van der Waals surface area contributed by atoms with Gasteiger partial charge in [0.25, 0.3) is 5.91 Å². The lowest BCUT2D eigenvalue weighted by atomic mass is 9.86. The highest BCUT2D eigenvalue weighted by Gasteiger charge is 2.40. The number of aromatic amines is 1. The van der Waals surface area contributed by atoms with E-state index in [4.69, 9.17) is 0 Å². The Morgan fingerprint density at radius 3 is 3.00 bits per heavy atom. The van der Waals surface area contributed by atoms with E-state index < -0.39 is 0 Å². The summed E-state index contributed by atoms with van der Waals surface area (Å²) in [6, 6.07) is 6.68. The summed E-state index contributed by atoms with van der Waals surface area (Å²) in [4.78, 5) is 17.6. The number of carbonyl (C=O) groups is 1. The fourth-order valence-electron chi connectivity index (χ4n) is 4.49. The van der Waals surface area contributed by atoms with Gasteiger partial charge < -0.3 is 15.1 Å². The van der Waals surface area contributed by atoms with Crippen LogP contribution in [0.25, 0.3) is 10.9 Å². The predicted octanol–water partition coefficient (Wildman–Crippen LogP) is 2.55. The molecule has 0 bridgehead atoms. The van der Waals surface area contributed by atoms with Crippen LogP contribution in [0.15, 0.2) is 18.2 Å². The highest BCUT2D eigenvalue weighted by atomic mass is 16.2. The van der Waals surface area contributed by atoms with E-state index >= 15 is 0 Å². The molecule has 138 valence electrons. The average molecular weight is 353 g/mol. The number of aromatic nitrogens is 2. The highest BCUT2D eigenvalue weighted by molar-refractivity contribution is 6.05. The van der Waals surface area contributed by atoms with Gasteiger partial charge in [0.2, 0.25) is 0 Å². The standard InChI is InChI=1S/C20H27N5O/c1-24-11-14-3-2-8-25(12-18(14)24)20(26)19-16-9-15(21-10-13-4-5-13)6-7-17(16)22-23-19/h6-7,9,13-14,18,21H,2-5,8,10-12H2,1H3,(H,22,23). The first-order valence-electron chi connectivity index (χ1n) is 9.90. The Labute approximate surface area is 153 Å². The van der Waals surface area contributed by atoms with Gasteiger partial charge in [0.15, 0.2) is 5.69 Å². The van der Waals surface area contributed by atoms with E-state index in [0.29, 0.717) is 11.7 Å². The number of likely N-dealkylation sites (tertiary alicyclic amines) is 2. The summed E-state index contributed by atoms with van der Waals surface area (Å²) in [5, 5.41) is 11.8. The van der Waals surface area contributed by atoms with Gasteiger partial charge in [-0.2, -0.15) is 5.10 Å². The summed E-state index contributed by atoms with van der Waals surface area (Å²) in [7, 11) is 2.16. The zero-order valence-corrected chi connectivity index (χ0v) is 15.4. The van der Waals surface area contributed by atoms with Crippen LogP contribution in [0.2, 0.25) is 0 Å². The number of hydrogen-bond donors (Lipinski definition) is 2. The zero-order chi connectivity index (χ0) is 17.7. The molecule has 2 aromatic rings. The average Bonchev–Trinajstić information content (AvgIpc) is 3.41. The van der Waals surface area contributed by atoms with Gasteiger partial charge in [-0.3, -0.25) is 9.89 Å². The summed E-state index contributed by atoms with van der Waals surface area (Å²) < 4.78 is 0. The maximum absolute atomic E-state index is 13.2. The van der Waals surface area contributed by atoms with Crippen LogP contribution in [0.3, 0.4) is 0 Å². The van der Waals surface area contributed by atoms with Crippen molar-refractivity contribution in [2.24, 2.45) is 11.8 Å².